The average Bonchev–Trinajstić information content (AvgIpc) is 3.09. The second-order valence-corrected chi connectivity index (χ2v) is 10.2. The number of aryl methyl sites for hydroxylation is 1. The number of benzene rings is 2. The number of carboxylic acid groups (broad SMARTS) is 1. The van der Waals surface area contributed by atoms with Crippen LogP contribution in [-0.2, 0) is 0 Å². The topological polar surface area (TPSA) is 75.6 Å². The molecule has 150 valence electrons. The second kappa shape index (κ2) is 9.47. The second-order valence-electron chi connectivity index (χ2n) is 6.05. The van der Waals surface area contributed by atoms with Crippen LogP contribution in [0.2, 0.25) is 0 Å². The maximum absolute atomic E-state index is 13.0. The van der Waals surface area contributed by atoms with Crippen molar-refractivity contribution in [2.45, 2.75) is 6.92 Å². The fourth-order valence-corrected chi connectivity index (χ4v) is 6.54. The Bertz CT molecular complexity index is 1130. The maximum atomic E-state index is 13.0. The van der Waals surface area contributed by atoms with Gasteiger partial charge in [0.1, 0.15) is 11.3 Å². The van der Waals surface area contributed by atoms with Crippen molar-refractivity contribution in [3.05, 3.63) is 63.1 Å². The summed E-state index contributed by atoms with van der Waals surface area (Å²) in [5, 5.41) is 14.3. The third kappa shape index (κ3) is 4.71. The molecular formula is C20H14I3NO4S. The van der Waals surface area contributed by atoms with E-state index in [1.807, 2.05) is 31.2 Å². The highest BCUT2D eigenvalue weighted by atomic mass is 127. The Kier molecular flexibility index (Phi) is 7.43. The first kappa shape index (κ1) is 22.7. The van der Waals surface area contributed by atoms with Gasteiger partial charge in [-0.2, -0.15) is 0 Å². The van der Waals surface area contributed by atoms with Crippen molar-refractivity contribution in [3.8, 4) is 16.2 Å². The van der Waals surface area contributed by atoms with Crippen molar-refractivity contribution in [2.75, 3.05) is 12.4 Å². The SMILES string of the molecule is COc1c(I)cc(C(=O)Nc2csc(-c3cccc(C)c3)c2C(=O)O)c(I)c1I. The van der Waals surface area contributed by atoms with Crippen LogP contribution in [0, 0.1) is 17.6 Å². The molecule has 0 saturated heterocycles. The predicted molar refractivity (Wildman–Crippen MR) is 141 cm³/mol. The summed E-state index contributed by atoms with van der Waals surface area (Å²) < 4.78 is 7.80. The van der Waals surface area contributed by atoms with Gasteiger partial charge in [0.15, 0.2) is 0 Å². The molecule has 0 spiro atoms. The summed E-state index contributed by atoms with van der Waals surface area (Å²) in [4.78, 5) is 25.6. The number of methoxy groups -OCH3 is 1. The highest BCUT2D eigenvalue weighted by Gasteiger charge is 2.24. The van der Waals surface area contributed by atoms with Gasteiger partial charge in [-0.1, -0.05) is 29.8 Å². The minimum atomic E-state index is -1.08. The number of hydrogen-bond acceptors (Lipinski definition) is 4. The number of hydrogen-bond donors (Lipinski definition) is 2. The number of carbonyl (C=O) groups is 2. The van der Waals surface area contributed by atoms with Gasteiger partial charge >= 0.3 is 5.97 Å². The van der Waals surface area contributed by atoms with E-state index in [0.717, 1.165) is 27.6 Å². The molecule has 3 rings (SSSR count). The first-order valence-corrected chi connectivity index (χ1v) is 12.3. The number of carbonyl (C=O) groups excluding carboxylic acids is 1. The minimum Gasteiger partial charge on any atom is -0.494 e. The lowest BCUT2D eigenvalue weighted by Gasteiger charge is -2.13. The van der Waals surface area contributed by atoms with Gasteiger partial charge in [-0.15, -0.1) is 11.3 Å². The molecule has 0 unspecified atom stereocenters. The summed E-state index contributed by atoms with van der Waals surface area (Å²) >= 11 is 7.67. The van der Waals surface area contributed by atoms with Crippen molar-refractivity contribution in [2.24, 2.45) is 0 Å². The summed E-state index contributed by atoms with van der Waals surface area (Å²) in [5.41, 5.74) is 2.72. The van der Waals surface area contributed by atoms with Crippen molar-refractivity contribution >= 4 is 96.7 Å². The molecule has 1 aromatic heterocycles. The Balaban J connectivity index is 2.01. The maximum Gasteiger partial charge on any atom is 0.339 e. The van der Waals surface area contributed by atoms with Crippen LogP contribution < -0.4 is 10.1 Å². The van der Waals surface area contributed by atoms with Crippen LogP contribution in [0.1, 0.15) is 26.3 Å². The Morgan fingerprint density at radius 3 is 2.48 bits per heavy atom. The van der Waals surface area contributed by atoms with Crippen LogP contribution >= 0.6 is 79.1 Å². The van der Waals surface area contributed by atoms with Crippen LogP contribution in [0.4, 0.5) is 5.69 Å². The summed E-state index contributed by atoms with van der Waals surface area (Å²) in [7, 11) is 1.59. The highest BCUT2D eigenvalue weighted by Crippen LogP contribution is 2.38. The third-order valence-corrected chi connectivity index (χ3v) is 9.11. The first-order chi connectivity index (χ1) is 13.7. The molecule has 0 radical (unpaired) electrons. The number of rotatable bonds is 5. The molecule has 2 aromatic carbocycles. The zero-order valence-corrected chi connectivity index (χ0v) is 22.5. The van der Waals surface area contributed by atoms with Crippen LogP contribution in [-0.4, -0.2) is 24.1 Å². The summed E-state index contributed by atoms with van der Waals surface area (Å²) in [6.45, 7) is 1.95. The molecular weight excluding hydrogens is 731 g/mol. The minimum absolute atomic E-state index is 0.0989. The number of halogens is 3. The fraction of sp³-hybridized carbons (Fsp3) is 0.100. The molecule has 1 amide bonds. The fourth-order valence-electron chi connectivity index (χ4n) is 2.78. The molecule has 0 aliphatic carbocycles. The monoisotopic (exact) mass is 745 g/mol. The zero-order valence-electron chi connectivity index (χ0n) is 15.2. The van der Waals surface area contributed by atoms with Crippen molar-refractivity contribution in [1.82, 2.24) is 0 Å². The molecule has 0 aliphatic rings. The number of aromatic carboxylic acids is 1. The molecule has 1 heterocycles. The smallest absolute Gasteiger partial charge is 0.339 e. The molecule has 0 fully saturated rings. The van der Waals surface area contributed by atoms with Gasteiger partial charge in [-0.05, 0) is 86.3 Å². The molecule has 9 heteroatoms. The Hall–Kier alpha value is -0.930. The van der Waals surface area contributed by atoms with Crippen LogP contribution in [0.25, 0.3) is 10.4 Å². The van der Waals surface area contributed by atoms with Gasteiger partial charge < -0.3 is 15.2 Å². The summed E-state index contributed by atoms with van der Waals surface area (Å²) in [5.74, 6) is -0.716. The number of ether oxygens (including phenoxy) is 1. The summed E-state index contributed by atoms with van der Waals surface area (Å²) in [6.07, 6.45) is 0. The van der Waals surface area contributed by atoms with Gasteiger partial charge in [0.05, 0.1) is 30.4 Å². The van der Waals surface area contributed by atoms with Gasteiger partial charge in [0.2, 0.25) is 0 Å². The number of thiophene rings is 1. The largest absolute Gasteiger partial charge is 0.494 e. The Labute approximate surface area is 212 Å². The number of nitrogens with one attached hydrogen (secondary N) is 1. The van der Waals surface area contributed by atoms with Gasteiger partial charge in [0, 0.05) is 8.95 Å². The lowest BCUT2D eigenvalue weighted by Crippen LogP contribution is -2.16. The van der Waals surface area contributed by atoms with E-state index in [1.54, 1.807) is 18.6 Å². The average molecular weight is 745 g/mol. The van der Waals surface area contributed by atoms with E-state index in [1.165, 1.54) is 11.3 Å². The number of amides is 1. The molecule has 5 nitrogen and oxygen atoms in total. The van der Waals surface area contributed by atoms with Crippen LogP contribution in [0.5, 0.6) is 5.75 Å². The van der Waals surface area contributed by atoms with E-state index in [4.69, 9.17) is 4.74 Å². The molecule has 0 saturated carbocycles. The van der Waals surface area contributed by atoms with E-state index in [2.05, 4.69) is 73.1 Å². The van der Waals surface area contributed by atoms with E-state index < -0.39 is 5.97 Å². The van der Waals surface area contributed by atoms with Crippen LogP contribution in [0.3, 0.4) is 0 Å². The van der Waals surface area contributed by atoms with E-state index in [0.29, 0.717) is 16.1 Å². The predicted octanol–water partition coefficient (Wildman–Crippen LogP) is 6.50. The van der Waals surface area contributed by atoms with E-state index >= 15 is 0 Å². The highest BCUT2D eigenvalue weighted by molar-refractivity contribution is 14.1. The Morgan fingerprint density at radius 1 is 1.14 bits per heavy atom. The van der Waals surface area contributed by atoms with Gasteiger partial charge in [-0.25, -0.2) is 4.79 Å². The lowest BCUT2D eigenvalue weighted by molar-refractivity contribution is 0.0699. The number of carboxylic acids is 1. The molecule has 2 N–H and O–H groups in total. The first-order valence-electron chi connectivity index (χ1n) is 8.19. The van der Waals surface area contributed by atoms with Crippen molar-refractivity contribution in [1.29, 1.82) is 0 Å². The lowest BCUT2D eigenvalue weighted by atomic mass is 10.1. The van der Waals surface area contributed by atoms with Crippen LogP contribution in [0.15, 0.2) is 35.7 Å². The quantitative estimate of drug-likeness (QED) is 0.231. The van der Waals surface area contributed by atoms with Crippen molar-refractivity contribution < 1.29 is 19.4 Å². The van der Waals surface area contributed by atoms with Crippen molar-refractivity contribution in [3.63, 3.8) is 0 Å². The molecule has 0 aliphatic heterocycles. The molecule has 3 aromatic rings. The third-order valence-electron chi connectivity index (χ3n) is 4.10. The van der Waals surface area contributed by atoms with Gasteiger partial charge in [-0.3, -0.25) is 4.79 Å². The van der Waals surface area contributed by atoms with Gasteiger partial charge in [0.25, 0.3) is 5.91 Å². The molecule has 29 heavy (non-hydrogen) atoms. The zero-order chi connectivity index (χ0) is 21.3. The number of anilines is 1. The van der Waals surface area contributed by atoms with E-state index in [9.17, 15) is 14.7 Å². The van der Waals surface area contributed by atoms with E-state index in [-0.39, 0.29) is 11.5 Å². The summed E-state index contributed by atoms with van der Waals surface area (Å²) in [6, 6.07) is 9.38. The Morgan fingerprint density at radius 2 is 1.86 bits per heavy atom. The molecule has 0 atom stereocenters. The normalized spacial score (nSPS) is 10.7. The standard InChI is InChI=1S/C20H14I3NO4S/c1-9-4-3-5-10(6-9)18-14(20(26)27)13(8-29-18)24-19(25)11-7-12(21)17(28-2)16(23)15(11)22/h3-8H,1-2H3,(H,24,25)(H,26,27). The molecule has 0 bridgehead atoms.